The molecule has 1 atom stereocenters. The van der Waals surface area contributed by atoms with Crippen LogP contribution in [-0.4, -0.2) is 51.7 Å². The first-order valence-electron chi connectivity index (χ1n) is 11.4. The van der Waals surface area contributed by atoms with Crippen LogP contribution in [0.1, 0.15) is 54.9 Å². The van der Waals surface area contributed by atoms with E-state index in [1.807, 2.05) is 0 Å². The molecule has 0 spiro atoms. The number of benzene rings is 1. The van der Waals surface area contributed by atoms with Crippen LogP contribution < -0.4 is 16.1 Å². The van der Waals surface area contributed by atoms with Crippen molar-refractivity contribution >= 4 is 30.1 Å². The number of amides is 1. The molecule has 4 rings (SSSR count). The minimum atomic E-state index is -5.83. The zero-order valence-corrected chi connectivity index (χ0v) is 19.7. The van der Waals surface area contributed by atoms with Gasteiger partial charge in [0.2, 0.25) is 5.43 Å². The van der Waals surface area contributed by atoms with Gasteiger partial charge in [-0.3, -0.25) is 14.2 Å². The lowest BCUT2D eigenvalue weighted by atomic mass is 9.95. The van der Waals surface area contributed by atoms with Crippen molar-refractivity contribution in [3.05, 3.63) is 39.9 Å². The predicted octanol–water partition coefficient (Wildman–Crippen LogP) is 3.35. The van der Waals surface area contributed by atoms with Crippen molar-refractivity contribution in [2.24, 2.45) is 0 Å². The van der Waals surface area contributed by atoms with E-state index in [-0.39, 0.29) is 29.8 Å². The molecular weight excluding hydrogens is 490 g/mol. The highest BCUT2D eigenvalue weighted by Crippen LogP contribution is 2.52. The Morgan fingerprint density at radius 2 is 1.91 bits per heavy atom. The highest BCUT2D eigenvalue weighted by molar-refractivity contribution is 7.53. The quantitative estimate of drug-likeness (QED) is 0.415. The molecule has 2 heterocycles. The second-order valence-corrected chi connectivity index (χ2v) is 10.8. The number of pyridine rings is 1. The van der Waals surface area contributed by atoms with Crippen LogP contribution in [0.4, 0.5) is 18.9 Å². The summed E-state index contributed by atoms with van der Waals surface area (Å²) in [5, 5.41) is 4.81. The van der Waals surface area contributed by atoms with Gasteiger partial charge in [0.25, 0.3) is 5.91 Å². The van der Waals surface area contributed by atoms with Crippen LogP contribution in [0, 0.1) is 5.82 Å². The Labute approximate surface area is 198 Å². The Morgan fingerprint density at radius 3 is 2.54 bits per heavy atom. The van der Waals surface area contributed by atoms with Gasteiger partial charge in [-0.05, 0) is 31.4 Å². The van der Waals surface area contributed by atoms with Crippen molar-refractivity contribution in [2.75, 3.05) is 25.1 Å². The second kappa shape index (κ2) is 9.93. The third-order valence-corrected chi connectivity index (χ3v) is 7.53. The summed E-state index contributed by atoms with van der Waals surface area (Å²) in [6.07, 6.45) is 6.77. The van der Waals surface area contributed by atoms with Crippen molar-refractivity contribution in [3.8, 4) is 0 Å². The minimum absolute atomic E-state index is 0.103. The summed E-state index contributed by atoms with van der Waals surface area (Å²) < 4.78 is 60.3. The number of hydrogen-bond acceptors (Lipinski definition) is 5. The third kappa shape index (κ3) is 5.40. The first-order chi connectivity index (χ1) is 16.5. The van der Waals surface area contributed by atoms with E-state index in [1.165, 1.54) is 12.3 Å². The molecule has 1 amide bonds. The van der Waals surface area contributed by atoms with Crippen molar-refractivity contribution in [1.29, 1.82) is 0 Å². The number of hydrogen-bond donors (Lipinski definition) is 4. The van der Waals surface area contributed by atoms with Crippen LogP contribution in [-0.2, 0) is 9.30 Å². The van der Waals surface area contributed by atoms with Gasteiger partial charge in [0, 0.05) is 24.2 Å². The first kappa shape index (κ1) is 25.7. The molecule has 0 unspecified atom stereocenters. The van der Waals surface area contributed by atoms with E-state index in [1.54, 1.807) is 9.88 Å². The summed E-state index contributed by atoms with van der Waals surface area (Å²) >= 11 is 0. The Bertz CT molecular complexity index is 1220. The van der Waals surface area contributed by atoms with E-state index >= 15 is 4.39 Å². The van der Waals surface area contributed by atoms with Gasteiger partial charge in [-0.1, -0.05) is 19.3 Å². The largest absolute Gasteiger partial charge is 0.396 e. The lowest BCUT2D eigenvalue weighted by Gasteiger charge is -2.25. The van der Waals surface area contributed by atoms with Crippen molar-refractivity contribution in [3.63, 3.8) is 0 Å². The van der Waals surface area contributed by atoms with Gasteiger partial charge in [0.05, 0.1) is 30.4 Å². The number of nitrogens with one attached hydrogen (secondary N) is 2. The molecule has 1 aliphatic carbocycles. The van der Waals surface area contributed by atoms with E-state index < -0.39 is 42.5 Å². The Hall–Kier alpha value is -2.40. The van der Waals surface area contributed by atoms with Crippen LogP contribution in [0.15, 0.2) is 23.1 Å². The maximum absolute atomic E-state index is 15.0. The lowest BCUT2D eigenvalue weighted by Crippen LogP contribution is -2.38. The van der Waals surface area contributed by atoms with Gasteiger partial charge in [-0.25, -0.2) is 4.39 Å². The molecule has 0 radical (unpaired) electrons. The number of carbonyl (C=O) groups is 1. The highest BCUT2D eigenvalue weighted by atomic mass is 31.2. The average molecular weight is 517 g/mol. The summed E-state index contributed by atoms with van der Waals surface area (Å²) in [4.78, 5) is 43.2. The van der Waals surface area contributed by atoms with Crippen LogP contribution in [0.25, 0.3) is 10.9 Å². The summed E-state index contributed by atoms with van der Waals surface area (Å²) in [5.74, 6) is -1.93. The highest BCUT2D eigenvalue weighted by Gasteiger charge is 2.48. The maximum Gasteiger partial charge on any atom is 0.396 e. The standard InChI is InChI=1S/C22H27F3N3O6P/c23-17-8-15-19(9-18(17)27-13-4-2-1-3-5-13)28(14-6-7-34-11-14)10-16(20(15)29)21(30)26-12-22(24,25)35(31,32)33/h8-10,13-14,27H,1-7,11-12H2,(H,26,30)(H2,31,32,33)/t14-/m1/s1. The van der Waals surface area contributed by atoms with E-state index in [9.17, 15) is 22.9 Å². The summed E-state index contributed by atoms with van der Waals surface area (Å²) in [6, 6.07) is 2.36. The number of ether oxygens (including phenoxy) is 1. The van der Waals surface area contributed by atoms with Crippen LogP contribution in [0.3, 0.4) is 0 Å². The average Bonchev–Trinajstić information content (AvgIpc) is 3.33. The fraction of sp³-hybridized carbons (Fsp3) is 0.545. The van der Waals surface area contributed by atoms with E-state index in [4.69, 9.17) is 14.5 Å². The van der Waals surface area contributed by atoms with Crippen LogP contribution in [0.2, 0.25) is 0 Å². The van der Waals surface area contributed by atoms with Gasteiger partial charge in [0.15, 0.2) is 0 Å². The lowest BCUT2D eigenvalue weighted by molar-refractivity contribution is 0.0547. The molecule has 1 aromatic carbocycles. The van der Waals surface area contributed by atoms with Crippen molar-refractivity contribution < 1.29 is 37.1 Å². The molecule has 1 aromatic heterocycles. The Balaban J connectivity index is 1.73. The fourth-order valence-corrected chi connectivity index (χ4v) is 4.82. The van der Waals surface area contributed by atoms with Crippen LogP contribution >= 0.6 is 7.60 Å². The third-order valence-electron chi connectivity index (χ3n) is 6.52. The molecule has 13 heteroatoms. The molecule has 0 bridgehead atoms. The van der Waals surface area contributed by atoms with Crippen molar-refractivity contribution in [1.82, 2.24) is 9.88 Å². The summed E-state index contributed by atoms with van der Waals surface area (Å²) in [5.41, 5.74) is -5.34. The predicted molar refractivity (Wildman–Crippen MR) is 122 cm³/mol. The maximum atomic E-state index is 15.0. The van der Waals surface area contributed by atoms with Crippen LogP contribution in [0.5, 0.6) is 0 Å². The van der Waals surface area contributed by atoms with E-state index in [2.05, 4.69) is 5.32 Å². The molecule has 1 saturated heterocycles. The summed E-state index contributed by atoms with van der Waals surface area (Å²) in [6.45, 7) is -0.959. The number of fused-ring (bicyclic) bond motifs is 1. The van der Waals surface area contributed by atoms with Gasteiger partial charge in [0.1, 0.15) is 11.4 Å². The first-order valence-corrected chi connectivity index (χ1v) is 13.0. The minimum Gasteiger partial charge on any atom is -0.380 e. The molecule has 9 nitrogen and oxygen atoms in total. The zero-order chi connectivity index (χ0) is 25.4. The molecular formula is C22H27F3N3O6P. The summed E-state index contributed by atoms with van der Waals surface area (Å²) in [7, 11) is -5.83. The monoisotopic (exact) mass is 517 g/mol. The molecule has 192 valence electrons. The normalized spacial score (nSPS) is 19.7. The number of alkyl halides is 2. The molecule has 35 heavy (non-hydrogen) atoms. The molecule has 1 aliphatic heterocycles. The number of nitrogens with zero attached hydrogens (tertiary/aromatic N) is 1. The van der Waals surface area contributed by atoms with Gasteiger partial charge >= 0.3 is 13.3 Å². The number of halogens is 3. The van der Waals surface area contributed by atoms with E-state index in [0.29, 0.717) is 18.5 Å². The van der Waals surface area contributed by atoms with E-state index in [0.717, 1.165) is 38.2 Å². The topological polar surface area (TPSA) is 130 Å². The Morgan fingerprint density at radius 1 is 1.20 bits per heavy atom. The van der Waals surface area contributed by atoms with Gasteiger partial charge in [-0.2, -0.15) is 8.78 Å². The second-order valence-electron chi connectivity index (χ2n) is 9.02. The zero-order valence-electron chi connectivity index (χ0n) is 18.8. The number of aromatic nitrogens is 1. The number of carbonyl (C=O) groups excluding carboxylic acids is 1. The molecule has 2 aromatic rings. The number of anilines is 1. The van der Waals surface area contributed by atoms with Gasteiger partial charge in [-0.15, -0.1) is 0 Å². The molecule has 4 N–H and O–H groups in total. The van der Waals surface area contributed by atoms with Gasteiger partial charge < -0.3 is 29.7 Å². The Kier molecular flexibility index (Phi) is 7.28. The smallest absolute Gasteiger partial charge is 0.380 e. The fourth-order valence-electron chi connectivity index (χ4n) is 4.54. The molecule has 2 aliphatic rings. The molecule has 2 fully saturated rings. The molecule has 1 saturated carbocycles. The number of rotatable bonds is 7. The van der Waals surface area contributed by atoms with Crippen molar-refractivity contribution in [2.45, 2.75) is 56.3 Å². The SMILES string of the molecule is O=C(NCC(F)(F)P(=O)(O)O)c1cn([C@@H]2CCOC2)c2cc(NC3CCCCC3)c(F)cc2c1=O.